The summed E-state index contributed by atoms with van der Waals surface area (Å²) in [5.41, 5.74) is 5.15. The first-order valence-corrected chi connectivity index (χ1v) is 13.3. The van der Waals surface area contributed by atoms with Gasteiger partial charge in [0.2, 0.25) is 11.8 Å². The Balaban J connectivity index is 1.29. The van der Waals surface area contributed by atoms with Crippen molar-refractivity contribution in [2.45, 2.75) is 38.3 Å². The summed E-state index contributed by atoms with van der Waals surface area (Å²) in [4.78, 5) is 51.3. The second-order valence-electron chi connectivity index (χ2n) is 9.62. The molecule has 0 bridgehead atoms. The van der Waals surface area contributed by atoms with Crippen molar-refractivity contribution in [3.05, 3.63) is 95.6 Å². The van der Waals surface area contributed by atoms with Crippen molar-refractivity contribution in [2.24, 2.45) is 0 Å². The molecule has 40 heavy (non-hydrogen) atoms. The normalized spacial score (nSPS) is 13.3. The SMILES string of the molecule is CCN(C(=O)CNC(=O)OCC1c2ccccc2-c2ccccc21)[C@@H](C)C(=O)N[C@@H](Cc1ccccc1)C(=O)O. The minimum atomic E-state index is -1.17. The van der Waals surface area contributed by atoms with Crippen molar-refractivity contribution in [1.82, 2.24) is 15.5 Å². The van der Waals surface area contributed by atoms with Crippen LogP contribution in [0.1, 0.15) is 36.5 Å². The number of carbonyl (C=O) groups is 4. The molecule has 1 aliphatic carbocycles. The summed E-state index contributed by atoms with van der Waals surface area (Å²) in [6.45, 7) is 3.16. The average Bonchev–Trinajstić information content (AvgIpc) is 3.29. The Morgan fingerprint density at radius 2 is 1.48 bits per heavy atom. The summed E-state index contributed by atoms with van der Waals surface area (Å²) >= 11 is 0. The van der Waals surface area contributed by atoms with Crippen LogP contribution >= 0.6 is 0 Å². The van der Waals surface area contributed by atoms with Crippen LogP contribution in [-0.4, -0.2) is 65.7 Å². The molecule has 0 aliphatic heterocycles. The van der Waals surface area contributed by atoms with Gasteiger partial charge in [-0.3, -0.25) is 9.59 Å². The van der Waals surface area contributed by atoms with E-state index in [1.807, 2.05) is 54.6 Å². The molecular weight excluding hydrogens is 510 g/mol. The zero-order valence-corrected chi connectivity index (χ0v) is 22.5. The van der Waals surface area contributed by atoms with Crippen molar-refractivity contribution in [1.29, 1.82) is 0 Å². The number of hydrogen-bond acceptors (Lipinski definition) is 5. The number of amides is 3. The van der Waals surface area contributed by atoms with Crippen LogP contribution in [0.15, 0.2) is 78.9 Å². The first-order chi connectivity index (χ1) is 19.3. The molecule has 0 saturated heterocycles. The van der Waals surface area contributed by atoms with E-state index < -0.39 is 36.0 Å². The van der Waals surface area contributed by atoms with E-state index in [1.165, 1.54) is 11.8 Å². The van der Waals surface area contributed by atoms with Gasteiger partial charge in [-0.1, -0.05) is 78.9 Å². The lowest BCUT2D eigenvalue weighted by Crippen LogP contribution is -2.54. The summed E-state index contributed by atoms with van der Waals surface area (Å²) < 4.78 is 5.48. The Hall–Kier alpha value is -4.66. The van der Waals surface area contributed by atoms with Gasteiger partial charge in [0.1, 0.15) is 25.2 Å². The highest BCUT2D eigenvalue weighted by atomic mass is 16.5. The summed E-state index contributed by atoms with van der Waals surface area (Å²) in [5.74, 6) is -2.37. The van der Waals surface area contributed by atoms with Crippen molar-refractivity contribution in [2.75, 3.05) is 19.7 Å². The van der Waals surface area contributed by atoms with Crippen LogP contribution < -0.4 is 10.6 Å². The number of aliphatic carboxylic acids is 1. The minimum absolute atomic E-state index is 0.109. The monoisotopic (exact) mass is 543 g/mol. The summed E-state index contributed by atoms with van der Waals surface area (Å²) in [6.07, 6.45) is -0.630. The summed E-state index contributed by atoms with van der Waals surface area (Å²) in [5, 5.41) is 14.6. The second-order valence-corrected chi connectivity index (χ2v) is 9.62. The van der Waals surface area contributed by atoms with Crippen molar-refractivity contribution >= 4 is 23.9 Å². The van der Waals surface area contributed by atoms with Crippen molar-refractivity contribution < 1.29 is 29.0 Å². The van der Waals surface area contributed by atoms with Gasteiger partial charge in [0, 0.05) is 18.9 Å². The van der Waals surface area contributed by atoms with Gasteiger partial charge >= 0.3 is 12.1 Å². The Morgan fingerprint density at radius 1 is 0.900 bits per heavy atom. The molecule has 0 unspecified atom stereocenters. The highest BCUT2D eigenvalue weighted by molar-refractivity contribution is 5.91. The van der Waals surface area contributed by atoms with Gasteiger partial charge in [-0.15, -0.1) is 0 Å². The van der Waals surface area contributed by atoms with E-state index in [-0.39, 0.29) is 32.0 Å². The number of benzene rings is 3. The molecule has 0 aromatic heterocycles. The van der Waals surface area contributed by atoms with E-state index in [9.17, 15) is 24.3 Å². The molecule has 2 atom stereocenters. The van der Waals surface area contributed by atoms with Crippen LogP contribution in [0.4, 0.5) is 4.79 Å². The molecule has 9 heteroatoms. The lowest BCUT2D eigenvalue weighted by Gasteiger charge is -2.28. The van der Waals surface area contributed by atoms with E-state index in [0.717, 1.165) is 27.8 Å². The van der Waals surface area contributed by atoms with Crippen LogP contribution in [0.5, 0.6) is 0 Å². The van der Waals surface area contributed by atoms with Gasteiger partial charge in [-0.05, 0) is 41.7 Å². The predicted molar refractivity (Wildman–Crippen MR) is 150 cm³/mol. The van der Waals surface area contributed by atoms with Gasteiger partial charge in [0.05, 0.1) is 0 Å². The zero-order chi connectivity index (χ0) is 28.6. The van der Waals surface area contributed by atoms with E-state index in [0.29, 0.717) is 0 Å². The maximum atomic E-state index is 12.9. The molecule has 1 aliphatic rings. The molecule has 0 spiro atoms. The van der Waals surface area contributed by atoms with Gasteiger partial charge in [-0.2, -0.15) is 0 Å². The molecule has 9 nitrogen and oxygen atoms in total. The fraction of sp³-hybridized carbons (Fsp3) is 0.290. The van der Waals surface area contributed by atoms with Crippen LogP contribution in [0.2, 0.25) is 0 Å². The van der Waals surface area contributed by atoms with Crippen LogP contribution in [0, 0.1) is 0 Å². The number of likely N-dealkylation sites (N-methyl/N-ethyl adjacent to an activating group) is 1. The van der Waals surface area contributed by atoms with Gasteiger partial charge in [0.25, 0.3) is 0 Å². The number of nitrogens with one attached hydrogen (secondary N) is 2. The highest BCUT2D eigenvalue weighted by Gasteiger charge is 2.30. The topological polar surface area (TPSA) is 125 Å². The number of hydrogen-bond donors (Lipinski definition) is 3. The van der Waals surface area contributed by atoms with Gasteiger partial charge < -0.3 is 25.4 Å². The fourth-order valence-electron chi connectivity index (χ4n) is 5.05. The summed E-state index contributed by atoms with van der Waals surface area (Å²) in [7, 11) is 0. The number of ether oxygens (including phenoxy) is 1. The number of nitrogens with zero attached hydrogens (tertiary/aromatic N) is 1. The Labute approximate surface area is 233 Å². The molecule has 0 saturated carbocycles. The standard InChI is InChI=1S/C31H33N3O6/c1-3-34(20(2)29(36)33-27(30(37)38)17-21-11-5-4-6-12-21)28(35)18-32-31(39)40-19-26-24-15-9-7-13-22(24)23-14-8-10-16-25(23)26/h4-16,20,26-27H,3,17-19H2,1-2H3,(H,32,39)(H,33,36)(H,37,38)/t20-,27-/m0/s1. The largest absolute Gasteiger partial charge is 0.480 e. The Kier molecular flexibility index (Phi) is 9.16. The van der Waals surface area contributed by atoms with E-state index in [1.54, 1.807) is 31.2 Å². The molecule has 208 valence electrons. The van der Waals surface area contributed by atoms with Gasteiger partial charge in [0.15, 0.2) is 0 Å². The Morgan fingerprint density at radius 3 is 2.05 bits per heavy atom. The average molecular weight is 544 g/mol. The van der Waals surface area contributed by atoms with E-state index >= 15 is 0 Å². The molecule has 4 rings (SSSR count). The lowest BCUT2D eigenvalue weighted by molar-refractivity contribution is -0.144. The van der Waals surface area contributed by atoms with Crippen LogP contribution in [0.3, 0.4) is 0 Å². The van der Waals surface area contributed by atoms with Crippen LogP contribution in [-0.2, 0) is 25.5 Å². The third kappa shape index (κ3) is 6.48. The van der Waals surface area contributed by atoms with E-state index in [4.69, 9.17) is 4.74 Å². The second kappa shape index (κ2) is 12.9. The van der Waals surface area contributed by atoms with Crippen molar-refractivity contribution in [3.63, 3.8) is 0 Å². The van der Waals surface area contributed by atoms with E-state index in [2.05, 4.69) is 10.6 Å². The number of carbonyl (C=O) groups excluding carboxylic acids is 3. The molecule has 0 heterocycles. The number of fused-ring (bicyclic) bond motifs is 3. The lowest BCUT2D eigenvalue weighted by atomic mass is 9.98. The van der Waals surface area contributed by atoms with Crippen molar-refractivity contribution in [3.8, 4) is 11.1 Å². The van der Waals surface area contributed by atoms with Crippen LogP contribution in [0.25, 0.3) is 11.1 Å². The molecule has 0 radical (unpaired) electrons. The zero-order valence-electron chi connectivity index (χ0n) is 22.5. The first-order valence-electron chi connectivity index (χ1n) is 13.3. The maximum absolute atomic E-state index is 12.9. The Bertz CT molecular complexity index is 1330. The smallest absolute Gasteiger partial charge is 0.407 e. The molecule has 3 aromatic rings. The number of alkyl carbamates (subject to hydrolysis) is 1. The molecule has 0 fully saturated rings. The molecule has 3 amide bonds. The minimum Gasteiger partial charge on any atom is -0.480 e. The molecular formula is C31H33N3O6. The van der Waals surface area contributed by atoms with Gasteiger partial charge in [-0.25, -0.2) is 9.59 Å². The number of carboxylic acids is 1. The quantitative estimate of drug-likeness (QED) is 0.340. The fourth-order valence-corrected chi connectivity index (χ4v) is 5.05. The summed E-state index contributed by atoms with van der Waals surface area (Å²) in [6, 6.07) is 22.9. The third-order valence-corrected chi connectivity index (χ3v) is 7.13. The molecule has 3 aromatic carbocycles. The third-order valence-electron chi connectivity index (χ3n) is 7.13. The first kappa shape index (κ1) is 28.4. The maximum Gasteiger partial charge on any atom is 0.407 e. The number of rotatable bonds is 11. The number of carboxylic acid groups (broad SMARTS) is 1. The predicted octanol–water partition coefficient (Wildman–Crippen LogP) is 3.57. The molecule has 3 N–H and O–H groups in total. The highest BCUT2D eigenvalue weighted by Crippen LogP contribution is 2.44.